The summed E-state index contributed by atoms with van der Waals surface area (Å²) in [7, 11) is 0. The minimum Gasteiger partial charge on any atom is -0.486 e. The summed E-state index contributed by atoms with van der Waals surface area (Å²) in [5, 5.41) is 0. The summed E-state index contributed by atoms with van der Waals surface area (Å²) in [6.07, 6.45) is 1.46. The first kappa shape index (κ1) is 7.85. The van der Waals surface area contributed by atoms with Gasteiger partial charge in [0.1, 0.15) is 13.2 Å². The lowest BCUT2D eigenvalue weighted by Crippen LogP contribution is -2.15. The van der Waals surface area contributed by atoms with Gasteiger partial charge in [-0.15, -0.1) is 0 Å². The number of rotatable bonds is 0. The fourth-order valence-corrected chi connectivity index (χ4v) is 1.98. The minimum absolute atomic E-state index is 0.219. The average molecular weight is 190 g/mol. The van der Waals surface area contributed by atoms with Crippen LogP contribution in [0.2, 0.25) is 0 Å². The minimum atomic E-state index is 0.219. The zero-order valence-electron chi connectivity index (χ0n) is 7.71. The third-order valence-corrected chi connectivity index (χ3v) is 2.69. The number of benzene rings is 1. The molecule has 3 nitrogen and oxygen atoms in total. The van der Waals surface area contributed by atoms with Gasteiger partial charge in [0.25, 0.3) is 0 Å². The van der Waals surface area contributed by atoms with Crippen LogP contribution >= 0.6 is 0 Å². The highest BCUT2D eigenvalue weighted by atomic mass is 16.6. The maximum Gasteiger partial charge on any atom is 0.163 e. The Hall–Kier alpha value is -1.51. The van der Waals surface area contributed by atoms with Crippen LogP contribution in [-0.4, -0.2) is 19.0 Å². The molecule has 0 amide bonds. The quantitative estimate of drug-likeness (QED) is 0.623. The summed E-state index contributed by atoms with van der Waals surface area (Å²) in [6.45, 7) is 1.17. The van der Waals surface area contributed by atoms with Gasteiger partial charge in [-0.1, -0.05) is 0 Å². The Labute approximate surface area is 81.6 Å². The van der Waals surface area contributed by atoms with E-state index >= 15 is 0 Å². The van der Waals surface area contributed by atoms with E-state index in [1.54, 1.807) is 0 Å². The molecule has 0 bridgehead atoms. The van der Waals surface area contributed by atoms with Gasteiger partial charge in [-0.05, 0) is 24.1 Å². The highest BCUT2D eigenvalue weighted by molar-refractivity contribution is 6.01. The van der Waals surface area contributed by atoms with Crippen molar-refractivity contribution in [1.82, 2.24) is 0 Å². The third kappa shape index (κ3) is 1.02. The lowest BCUT2D eigenvalue weighted by molar-refractivity contribution is 0.0994. The van der Waals surface area contributed by atoms with Gasteiger partial charge >= 0.3 is 0 Å². The number of aryl methyl sites for hydroxylation is 1. The van der Waals surface area contributed by atoms with Crippen molar-refractivity contribution in [3.05, 3.63) is 23.3 Å². The molecule has 3 heteroatoms. The van der Waals surface area contributed by atoms with Crippen LogP contribution in [0.3, 0.4) is 0 Å². The van der Waals surface area contributed by atoms with Gasteiger partial charge in [0.05, 0.1) is 0 Å². The van der Waals surface area contributed by atoms with Crippen LogP contribution in [0.1, 0.15) is 22.3 Å². The van der Waals surface area contributed by atoms with Crippen molar-refractivity contribution < 1.29 is 14.3 Å². The maximum absolute atomic E-state index is 11.5. The van der Waals surface area contributed by atoms with Crippen LogP contribution in [0.4, 0.5) is 0 Å². The summed E-state index contributed by atoms with van der Waals surface area (Å²) in [6, 6.07) is 3.76. The summed E-state index contributed by atoms with van der Waals surface area (Å²) in [4.78, 5) is 11.5. The van der Waals surface area contributed by atoms with Gasteiger partial charge in [0.15, 0.2) is 17.3 Å². The standard InChI is InChI=1S/C11H10O3/c12-9-2-1-7-5-10-11(6-8(7)9)14-4-3-13-10/h5-6H,1-4H2. The monoisotopic (exact) mass is 190 g/mol. The fraction of sp³-hybridized carbons (Fsp3) is 0.364. The van der Waals surface area contributed by atoms with Crippen LogP contribution in [0.25, 0.3) is 0 Å². The molecular weight excluding hydrogens is 180 g/mol. The Morgan fingerprint density at radius 3 is 2.50 bits per heavy atom. The van der Waals surface area contributed by atoms with Gasteiger partial charge in [-0.2, -0.15) is 0 Å². The van der Waals surface area contributed by atoms with Gasteiger partial charge in [0.2, 0.25) is 0 Å². The number of carbonyl (C=O) groups excluding carboxylic acids is 1. The largest absolute Gasteiger partial charge is 0.486 e. The second kappa shape index (κ2) is 2.74. The van der Waals surface area contributed by atoms with E-state index in [1.807, 2.05) is 12.1 Å². The predicted molar refractivity (Wildman–Crippen MR) is 50.1 cm³/mol. The van der Waals surface area contributed by atoms with Crippen molar-refractivity contribution in [3.8, 4) is 11.5 Å². The molecule has 72 valence electrons. The average Bonchev–Trinajstić information content (AvgIpc) is 2.57. The molecular formula is C11H10O3. The molecule has 3 rings (SSSR count). The number of carbonyl (C=O) groups is 1. The SMILES string of the molecule is O=C1CCc2cc3c(cc21)OCCO3. The van der Waals surface area contributed by atoms with Crippen molar-refractivity contribution in [3.63, 3.8) is 0 Å². The van der Waals surface area contributed by atoms with Crippen molar-refractivity contribution in [1.29, 1.82) is 0 Å². The maximum atomic E-state index is 11.5. The second-order valence-corrected chi connectivity index (χ2v) is 3.58. The second-order valence-electron chi connectivity index (χ2n) is 3.58. The zero-order chi connectivity index (χ0) is 9.54. The molecule has 1 aromatic carbocycles. The molecule has 14 heavy (non-hydrogen) atoms. The highest BCUT2D eigenvalue weighted by Gasteiger charge is 2.23. The summed E-state index contributed by atoms with van der Waals surface area (Å²) in [5.41, 5.74) is 1.91. The van der Waals surface area contributed by atoms with Crippen molar-refractivity contribution >= 4 is 5.78 Å². The Kier molecular flexibility index (Phi) is 1.54. The number of hydrogen-bond donors (Lipinski definition) is 0. The first-order valence-electron chi connectivity index (χ1n) is 4.80. The molecule has 0 spiro atoms. The van der Waals surface area contributed by atoms with Crippen LogP contribution < -0.4 is 9.47 Å². The van der Waals surface area contributed by atoms with E-state index in [-0.39, 0.29) is 5.78 Å². The highest BCUT2D eigenvalue weighted by Crippen LogP contribution is 2.36. The Morgan fingerprint density at radius 1 is 1.00 bits per heavy atom. The van der Waals surface area contributed by atoms with E-state index in [2.05, 4.69) is 0 Å². The fourth-order valence-electron chi connectivity index (χ4n) is 1.98. The molecule has 0 radical (unpaired) electrons. The molecule has 0 saturated carbocycles. The number of ether oxygens (including phenoxy) is 2. The molecule has 2 aliphatic rings. The van der Waals surface area contributed by atoms with E-state index in [9.17, 15) is 4.79 Å². The molecule has 0 atom stereocenters. The van der Waals surface area contributed by atoms with Gasteiger partial charge in [-0.25, -0.2) is 0 Å². The Bertz CT molecular complexity index is 409. The van der Waals surface area contributed by atoms with E-state index in [4.69, 9.17) is 9.47 Å². The number of hydrogen-bond acceptors (Lipinski definition) is 3. The van der Waals surface area contributed by atoms with Crippen molar-refractivity contribution in [2.45, 2.75) is 12.8 Å². The van der Waals surface area contributed by atoms with Crippen molar-refractivity contribution in [2.24, 2.45) is 0 Å². The lowest BCUT2D eigenvalue weighted by Gasteiger charge is -2.19. The molecule has 1 aromatic rings. The van der Waals surface area contributed by atoms with E-state index in [0.29, 0.717) is 25.4 Å². The first-order chi connectivity index (χ1) is 6.84. The molecule has 1 aliphatic carbocycles. The van der Waals surface area contributed by atoms with Gasteiger partial charge in [-0.3, -0.25) is 4.79 Å². The van der Waals surface area contributed by atoms with Crippen LogP contribution in [0.15, 0.2) is 12.1 Å². The van der Waals surface area contributed by atoms with Crippen LogP contribution in [0.5, 0.6) is 11.5 Å². The molecule has 0 unspecified atom stereocenters. The normalized spacial score (nSPS) is 18.1. The Morgan fingerprint density at radius 2 is 1.71 bits per heavy atom. The summed E-state index contributed by atoms with van der Waals surface area (Å²) >= 11 is 0. The molecule has 0 aromatic heterocycles. The lowest BCUT2D eigenvalue weighted by atomic mass is 10.1. The molecule has 0 N–H and O–H groups in total. The molecule has 1 heterocycles. The smallest absolute Gasteiger partial charge is 0.163 e. The van der Waals surface area contributed by atoms with E-state index in [0.717, 1.165) is 23.3 Å². The number of fused-ring (bicyclic) bond motifs is 2. The van der Waals surface area contributed by atoms with Crippen molar-refractivity contribution in [2.75, 3.05) is 13.2 Å². The van der Waals surface area contributed by atoms with Crippen LogP contribution in [-0.2, 0) is 6.42 Å². The zero-order valence-corrected chi connectivity index (χ0v) is 7.71. The number of ketones is 1. The van der Waals surface area contributed by atoms with Gasteiger partial charge < -0.3 is 9.47 Å². The Balaban J connectivity index is 2.15. The third-order valence-electron chi connectivity index (χ3n) is 2.69. The predicted octanol–water partition coefficient (Wildman–Crippen LogP) is 1.59. The first-order valence-corrected chi connectivity index (χ1v) is 4.80. The molecule has 0 saturated heterocycles. The number of Topliss-reactive ketones (excluding diaryl/α,β-unsaturated/α-hetero) is 1. The molecule has 1 aliphatic heterocycles. The molecule has 0 fully saturated rings. The van der Waals surface area contributed by atoms with Crippen LogP contribution in [0, 0.1) is 0 Å². The van der Waals surface area contributed by atoms with E-state index < -0.39 is 0 Å². The summed E-state index contributed by atoms with van der Waals surface area (Å²) < 4.78 is 10.9. The summed E-state index contributed by atoms with van der Waals surface area (Å²) in [5.74, 6) is 1.71. The van der Waals surface area contributed by atoms with E-state index in [1.165, 1.54) is 0 Å². The topological polar surface area (TPSA) is 35.5 Å². The van der Waals surface area contributed by atoms with Gasteiger partial charge in [0, 0.05) is 12.0 Å².